The quantitative estimate of drug-likeness (QED) is 0.490. The summed E-state index contributed by atoms with van der Waals surface area (Å²) < 4.78 is 12.1. The monoisotopic (exact) mass is 336 g/mol. The molecule has 3 aromatic carbocycles. The maximum Gasteiger partial charge on any atom is 0.497 e. The Morgan fingerprint density at radius 1 is 0.857 bits per heavy atom. The molecule has 0 atom stereocenters. The van der Waals surface area contributed by atoms with E-state index in [0.717, 1.165) is 9.94 Å². The standard InChI is InChI=1S/C17H10BBrO2/c19-10-4-5-11-13-6-7-16(18-20-9-21-18)14-3-1-2-12(17(13)14)15(11)8-10/h1-8H,9H2. The van der Waals surface area contributed by atoms with Crippen LogP contribution in [0.25, 0.3) is 33.0 Å². The van der Waals surface area contributed by atoms with Crippen molar-refractivity contribution in [2.24, 2.45) is 0 Å². The van der Waals surface area contributed by atoms with E-state index in [1.54, 1.807) is 0 Å². The van der Waals surface area contributed by atoms with Crippen molar-refractivity contribution in [3.63, 3.8) is 0 Å². The average molecular weight is 337 g/mol. The van der Waals surface area contributed by atoms with Gasteiger partial charge in [0.05, 0.1) is 0 Å². The summed E-state index contributed by atoms with van der Waals surface area (Å²) in [5, 5.41) is 2.53. The minimum atomic E-state index is -0.218. The smallest absolute Gasteiger partial charge is 0.385 e. The van der Waals surface area contributed by atoms with Crippen molar-refractivity contribution in [1.82, 2.24) is 0 Å². The van der Waals surface area contributed by atoms with E-state index < -0.39 is 0 Å². The molecule has 0 spiro atoms. The molecule has 21 heavy (non-hydrogen) atoms. The number of halogens is 1. The summed E-state index contributed by atoms with van der Waals surface area (Å²) >= 11 is 3.58. The SMILES string of the molecule is Brc1ccc2c(c1)-c1cccc3c(B4OCO4)ccc-2c13. The van der Waals surface area contributed by atoms with E-state index in [1.807, 2.05) is 0 Å². The number of benzene rings is 3. The predicted octanol–water partition coefficient (Wildman–Crippen LogP) is 3.95. The molecule has 1 saturated heterocycles. The molecule has 0 N–H and O–H groups in total. The minimum Gasteiger partial charge on any atom is -0.385 e. The van der Waals surface area contributed by atoms with Gasteiger partial charge in [0.15, 0.2) is 0 Å². The predicted molar refractivity (Wildman–Crippen MR) is 88.5 cm³/mol. The Bertz CT molecular complexity index is 903. The molecule has 1 fully saturated rings. The van der Waals surface area contributed by atoms with Gasteiger partial charge in [-0.3, -0.25) is 0 Å². The van der Waals surface area contributed by atoms with E-state index in [1.165, 1.54) is 33.0 Å². The Kier molecular flexibility index (Phi) is 2.39. The van der Waals surface area contributed by atoms with E-state index in [0.29, 0.717) is 6.79 Å². The molecule has 4 heteroatoms. The van der Waals surface area contributed by atoms with Gasteiger partial charge in [0.25, 0.3) is 0 Å². The number of fused-ring (bicyclic) bond motifs is 3. The van der Waals surface area contributed by atoms with Crippen LogP contribution in [-0.4, -0.2) is 13.9 Å². The van der Waals surface area contributed by atoms with Crippen molar-refractivity contribution in [3.05, 3.63) is 53.0 Å². The van der Waals surface area contributed by atoms with E-state index in [9.17, 15) is 0 Å². The van der Waals surface area contributed by atoms with Gasteiger partial charge in [0.1, 0.15) is 6.79 Å². The highest BCUT2D eigenvalue weighted by Gasteiger charge is 2.33. The second kappa shape index (κ2) is 4.20. The molecule has 0 unspecified atom stereocenters. The summed E-state index contributed by atoms with van der Waals surface area (Å²) in [6, 6.07) is 17.3. The van der Waals surface area contributed by atoms with Crippen molar-refractivity contribution in [1.29, 1.82) is 0 Å². The van der Waals surface area contributed by atoms with Crippen LogP contribution in [0.15, 0.2) is 53.0 Å². The first-order chi connectivity index (χ1) is 10.3. The zero-order valence-electron chi connectivity index (χ0n) is 11.1. The number of rotatable bonds is 1. The van der Waals surface area contributed by atoms with Crippen molar-refractivity contribution in [3.8, 4) is 22.3 Å². The number of hydrogen-bond donors (Lipinski definition) is 0. The van der Waals surface area contributed by atoms with Crippen LogP contribution in [0.3, 0.4) is 0 Å². The largest absolute Gasteiger partial charge is 0.497 e. The topological polar surface area (TPSA) is 18.5 Å². The van der Waals surface area contributed by atoms with Gasteiger partial charge in [-0.2, -0.15) is 0 Å². The first kappa shape index (κ1) is 12.0. The highest BCUT2D eigenvalue weighted by atomic mass is 79.9. The zero-order chi connectivity index (χ0) is 14.0. The second-order valence-electron chi connectivity index (χ2n) is 5.40. The van der Waals surface area contributed by atoms with E-state index >= 15 is 0 Å². The summed E-state index contributed by atoms with van der Waals surface area (Å²) in [7, 11) is -0.218. The van der Waals surface area contributed by atoms with Crippen molar-refractivity contribution in [2.45, 2.75) is 0 Å². The molecule has 5 rings (SSSR count). The maximum absolute atomic E-state index is 5.49. The van der Waals surface area contributed by atoms with Crippen LogP contribution in [0.2, 0.25) is 0 Å². The summed E-state index contributed by atoms with van der Waals surface area (Å²) in [4.78, 5) is 0. The van der Waals surface area contributed by atoms with Crippen LogP contribution in [0.4, 0.5) is 0 Å². The van der Waals surface area contributed by atoms with Gasteiger partial charge in [-0.15, -0.1) is 0 Å². The molecule has 2 aliphatic rings. The van der Waals surface area contributed by atoms with Gasteiger partial charge < -0.3 is 9.31 Å². The third kappa shape index (κ3) is 1.55. The van der Waals surface area contributed by atoms with Gasteiger partial charge in [-0.25, -0.2) is 0 Å². The van der Waals surface area contributed by atoms with Gasteiger partial charge in [0, 0.05) is 4.47 Å². The average Bonchev–Trinajstić information content (AvgIpc) is 2.75. The normalized spacial score (nSPS) is 15.2. The molecule has 0 bridgehead atoms. The molecule has 1 aliphatic carbocycles. The fourth-order valence-corrected chi connectivity index (χ4v) is 3.73. The molecule has 3 aromatic rings. The van der Waals surface area contributed by atoms with Crippen LogP contribution in [0, 0.1) is 0 Å². The van der Waals surface area contributed by atoms with Gasteiger partial charge >= 0.3 is 7.12 Å². The van der Waals surface area contributed by atoms with Crippen LogP contribution in [0.5, 0.6) is 0 Å². The maximum atomic E-state index is 5.49. The van der Waals surface area contributed by atoms with Crippen molar-refractivity contribution < 1.29 is 9.31 Å². The lowest BCUT2D eigenvalue weighted by Crippen LogP contribution is -2.46. The lowest BCUT2D eigenvalue weighted by Gasteiger charge is -2.24. The molecule has 0 saturated carbocycles. The van der Waals surface area contributed by atoms with E-state index in [2.05, 4.69) is 64.5 Å². The third-order valence-corrected chi connectivity index (χ3v) is 4.82. The Hall–Kier alpha value is -1.62. The Morgan fingerprint density at radius 3 is 2.48 bits per heavy atom. The molecule has 0 radical (unpaired) electrons. The van der Waals surface area contributed by atoms with Crippen LogP contribution >= 0.6 is 15.9 Å². The molecule has 100 valence electrons. The Balaban J connectivity index is 1.88. The number of hydrogen-bond acceptors (Lipinski definition) is 2. The first-order valence-corrected chi connectivity index (χ1v) is 7.71. The molecule has 0 aromatic heterocycles. The van der Waals surface area contributed by atoms with Crippen molar-refractivity contribution in [2.75, 3.05) is 6.79 Å². The molecule has 1 aliphatic heterocycles. The summed E-state index contributed by atoms with van der Waals surface area (Å²) in [6.45, 7) is 0.390. The third-order valence-electron chi connectivity index (χ3n) is 4.33. The summed E-state index contributed by atoms with van der Waals surface area (Å²) in [5.74, 6) is 0. The first-order valence-electron chi connectivity index (χ1n) is 6.92. The van der Waals surface area contributed by atoms with Crippen LogP contribution in [0.1, 0.15) is 0 Å². The lowest BCUT2D eigenvalue weighted by molar-refractivity contribution is -0.00377. The Labute approximate surface area is 131 Å². The fraction of sp³-hybridized carbons (Fsp3) is 0.0588. The molecular formula is C17H10BBrO2. The summed E-state index contributed by atoms with van der Waals surface area (Å²) in [6.07, 6.45) is 0. The van der Waals surface area contributed by atoms with E-state index in [-0.39, 0.29) is 7.12 Å². The molecular weight excluding hydrogens is 327 g/mol. The minimum absolute atomic E-state index is 0.218. The van der Waals surface area contributed by atoms with Gasteiger partial charge in [0.2, 0.25) is 0 Å². The molecule has 1 heterocycles. The second-order valence-corrected chi connectivity index (χ2v) is 6.32. The van der Waals surface area contributed by atoms with Crippen molar-refractivity contribution >= 4 is 39.3 Å². The van der Waals surface area contributed by atoms with E-state index in [4.69, 9.17) is 9.31 Å². The van der Waals surface area contributed by atoms with Crippen LogP contribution < -0.4 is 5.46 Å². The molecule has 0 amide bonds. The highest BCUT2D eigenvalue weighted by molar-refractivity contribution is 9.10. The molecule has 2 nitrogen and oxygen atoms in total. The van der Waals surface area contributed by atoms with Gasteiger partial charge in [-0.05, 0) is 50.6 Å². The zero-order valence-corrected chi connectivity index (χ0v) is 12.7. The van der Waals surface area contributed by atoms with Gasteiger partial charge in [-0.1, -0.05) is 52.3 Å². The summed E-state index contributed by atoms with van der Waals surface area (Å²) in [5.41, 5.74) is 6.30. The lowest BCUT2D eigenvalue weighted by atomic mass is 9.74. The van der Waals surface area contributed by atoms with Crippen LogP contribution in [-0.2, 0) is 9.31 Å². The Morgan fingerprint density at radius 2 is 1.67 bits per heavy atom. The fourth-order valence-electron chi connectivity index (χ4n) is 3.37. The highest BCUT2D eigenvalue weighted by Crippen LogP contribution is 2.47.